The summed E-state index contributed by atoms with van der Waals surface area (Å²) in [7, 11) is 3.82. The van der Waals surface area contributed by atoms with Gasteiger partial charge in [-0.15, -0.1) is 0 Å². The van der Waals surface area contributed by atoms with Crippen LogP contribution >= 0.6 is 0 Å². The standard InChI is InChI=1S/C16H27NO/c1-12-6-8-15(10-13(12)2)11-16(17-4)9-7-14(3)18-5/h6,8,10,14,16-17H,7,9,11H2,1-5H3. The lowest BCUT2D eigenvalue weighted by Gasteiger charge is -2.19. The van der Waals surface area contributed by atoms with Gasteiger partial charge >= 0.3 is 0 Å². The first-order valence-electron chi connectivity index (χ1n) is 6.83. The van der Waals surface area contributed by atoms with Crippen LogP contribution < -0.4 is 5.32 Å². The summed E-state index contributed by atoms with van der Waals surface area (Å²) in [5.74, 6) is 0. The van der Waals surface area contributed by atoms with Crippen molar-refractivity contribution < 1.29 is 4.74 Å². The Labute approximate surface area is 112 Å². The summed E-state index contributed by atoms with van der Waals surface area (Å²) >= 11 is 0. The van der Waals surface area contributed by atoms with Crippen molar-refractivity contribution >= 4 is 0 Å². The van der Waals surface area contributed by atoms with E-state index in [0.29, 0.717) is 12.1 Å². The number of benzene rings is 1. The van der Waals surface area contributed by atoms with Crippen LogP contribution in [0.2, 0.25) is 0 Å². The first-order valence-corrected chi connectivity index (χ1v) is 6.83. The molecule has 1 rings (SSSR count). The van der Waals surface area contributed by atoms with Crippen molar-refractivity contribution in [1.82, 2.24) is 5.32 Å². The Morgan fingerprint density at radius 3 is 2.44 bits per heavy atom. The van der Waals surface area contributed by atoms with Gasteiger partial charge in [0.05, 0.1) is 6.10 Å². The Bertz CT molecular complexity index is 362. The van der Waals surface area contributed by atoms with Gasteiger partial charge in [-0.3, -0.25) is 0 Å². The van der Waals surface area contributed by atoms with Crippen molar-refractivity contribution in [2.45, 2.75) is 52.2 Å². The molecule has 0 spiro atoms. The third kappa shape index (κ3) is 4.79. The smallest absolute Gasteiger partial charge is 0.0543 e. The van der Waals surface area contributed by atoms with Crippen LogP contribution in [0, 0.1) is 13.8 Å². The molecule has 2 atom stereocenters. The topological polar surface area (TPSA) is 21.3 Å². The number of hydrogen-bond donors (Lipinski definition) is 1. The van der Waals surface area contributed by atoms with Crippen molar-refractivity contribution in [3.63, 3.8) is 0 Å². The number of hydrogen-bond acceptors (Lipinski definition) is 2. The minimum absolute atomic E-state index is 0.348. The molecule has 2 unspecified atom stereocenters. The molecule has 0 bridgehead atoms. The van der Waals surface area contributed by atoms with Crippen LogP contribution in [-0.2, 0) is 11.2 Å². The fraction of sp³-hybridized carbons (Fsp3) is 0.625. The SMILES string of the molecule is CNC(CCC(C)OC)Cc1ccc(C)c(C)c1. The number of nitrogens with one attached hydrogen (secondary N) is 1. The second kappa shape index (κ2) is 7.55. The summed E-state index contributed by atoms with van der Waals surface area (Å²) in [5.41, 5.74) is 4.17. The molecular weight excluding hydrogens is 222 g/mol. The lowest BCUT2D eigenvalue weighted by atomic mass is 9.98. The van der Waals surface area contributed by atoms with Crippen LogP contribution in [0.15, 0.2) is 18.2 Å². The van der Waals surface area contributed by atoms with E-state index in [1.165, 1.54) is 16.7 Å². The molecule has 2 nitrogen and oxygen atoms in total. The Balaban J connectivity index is 2.54. The van der Waals surface area contributed by atoms with E-state index in [9.17, 15) is 0 Å². The van der Waals surface area contributed by atoms with E-state index in [4.69, 9.17) is 4.74 Å². The van der Waals surface area contributed by atoms with Gasteiger partial charge in [0.15, 0.2) is 0 Å². The molecule has 1 aromatic carbocycles. The van der Waals surface area contributed by atoms with E-state index < -0.39 is 0 Å². The molecule has 102 valence electrons. The molecule has 0 radical (unpaired) electrons. The molecule has 0 amide bonds. The average Bonchev–Trinajstić information content (AvgIpc) is 2.38. The third-order valence-corrected chi connectivity index (χ3v) is 3.79. The summed E-state index contributed by atoms with van der Waals surface area (Å²) in [6.45, 7) is 6.47. The third-order valence-electron chi connectivity index (χ3n) is 3.79. The maximum atomic E-state index is 5.30. The van der Waals surface area contributed by atoms with Crippen LogP contribution in [0.25, 0.3) is 0 Å². The Kier molecular flexibility index (Phi) is 6.37. The summed E-state index contributed by atoms with van der Waals surface area (Å²) in [5, 5.41) is 3.41. The molecule has 0 aliphatic rings. The molecule has 1 N–H and O–H groups in total. The lowest BCUT2D eigenvalue weighted by molar-refractivity contribution is 0.106. The van der Waals surface area contributed by atoms with Crippen LogP contribution in [0.5, 0.6) is 0 Å². The fourth-order valence-electron chi connectivity index (χ4n) is 2.12. The van der Waals surface area contributed by atoms with Crippen molar-refractivity contribution in [2.75, 3.05) is 14.2 Å². The first kappa shape index (κ1) is 15.2. The van der Waals surface area contributed by atoms with Gasteiger partial charge in [0, 0.05) is 13.2 Å². The van der Waals surface area contributed by atoms with Crippen molar-refractivity contribution in [3.05, 3.63) is 34.9 Å². The van der Waals surface area contributed by atoms with E-state index in [0.717, 1.165) is 19.3 Å². The van der Waals surface area contributed by atoms with Crippen LogP contribution in [0.4, 0.5) is 0 Å². The normalized spacial score (nSPS) is 14.5. The Morgan fingerprint density at radius 2 is 1.89 bits per heavy atom. The highest BCUT2D eigenvalue weighted by molar-refractivity contribution is 5.30. The second-order valence-electron chi connectivity index (χ2n) is 5.23. The van der Waals surface area contributed by atoms with Crippen molar-refractivity contribution in [1.29, 1.82) is 0 Å². The van der Waals surface area contributed by atoms with Crippen molar-refractivity contribution in [3.8, 4) is 0 Å². The zero-order valence-corrected chi connectivity index (χ0v) is 12.4. The first-order chi connectivity index (χ1) is 8.56. The summed E-state index contributed by atoms with van der Waals surface area (Å²) in [6.07, 6.45) is 3.69. The molecule has 2 heteroatoms. The molecule has 0 heterocycles. The molecule has 0 saturated heterocycles. The lowest BCUT2D eigenvalue weighted by Crippen LogP contribution is -2.28. The van der Waals surface area contributed by atoms with Gasteiger partial charge in [-0.1, -0.05) is 18.2 Å². The van der Waals surface area contributed by atoms with Crippen molar-refractivity contribution in [2.24, 2.45) is 0 Å². The maximum Gasteiger partial charge on any atom is 0.0543 e. The van der Waals surface area contributed by atoms with E-state index in [2.05, 4.69) is 44.3 Å². The molecule has 1 aromatic rings. The van der Waals surface area contributed by atoms with Gasteiger partial charge in [-0.05, 0) is 63.8 Å². The largest absolute Gasteiger partial charge is 0.382 e. The molecule has 18 heavy (non-hydrogen) atoms. The van der Waals surface area contributed by atoms with Crippen LogP contribution in [0.1, 0.15) is 36.5 Å². The minimum Gasteiger partial charge on any atom is -0.382 e. The number of aryl methyl sites for hydroxylation is 2. The monoisotopic (exact) mass is 249 g/mol. The number of rotatable bonds is 7. The summed E-state index contributed by atoms with van der Waals surface area (Å²) < 4.78 is 5.30. The van der Waals surface area contributed by atoms with E-state index >= 15 is 0 Å². The fourth-order valence-corrected chi connectivity index (χ4v) is 2.12. The highest BCUT2D eigenvalue weighted by Gasteiger charge is 2.10. The van der Waals surface area contributed by atoms with Gasteiger partial charge in [0.1, 0.15) is 0 Å². The van der Waals surface area contributed by atoms with Gasteiger partial charge in [-0.25, -0.2) is 0 Å². The highest BCUT2D eigenvalue weighted by atomic mass is 16.5. The number of methoxy groups -OCH3 is 1. The van der Waals surface area contributed by atoms with Crippen LogP contribution in [0.3, 0.4) is 0 Å². The quantitative estimate of drug-likeness (QED) is 0.801. The predicted molar refractivity (Wildman–Crippen MR) is 78.2 cm³/mol. The second-order valence-corrected chi connectivity index (χ2v) is 5.23. The van der Waals surface area contributed by atoms with E-state index in [1.54, 1.807) is 7.11 Å². The molecule has 0 aromatic heterocycles. The average molecular weight is 249 g/mol. The van der Waals surface area contributed by atoms with E-state index in [-0.39, 0.29) is 0 Å². The number of likely N-dealkylation sites (N-methyl/N-ethyl adjacent to an activating group) is 1. The zero-order valence-electron chi connectivity index (χ0n) is 12.4. The van der Waals surface area contributed by atoms with E-state index in [1.807, 2.05) is 7.05 Å². The molecular formula is C16H27NO. The molecule has 0 aliphatic heterocycles. The van der Waals surface area contributed by atoms with Gasteiger partial charge in [-0.2, -0.15) is 0 Å². The highest BCUT2D eigenvalue weighted by Crippen LogP contribution is 2.14. The number of ether oxygens (including phenoxy) is 1. The van der Waals surface area contributed by atoms with Gasteiger partial charge < -0.3 is 10.1 Å². The zero-order chi connectivity index (χ0) is 13.5. The summed E-state index contributed by atoms with van der Waals surface area (Å²) in [6, 6.07) is 7.30. The van der Waals surface area contributed by atoms with Crippen LogP contribution in [-0.4, -0.2) is 26.3 Å². The molecule has 0 fully saturated rings. The van der Waals surface area contributed by atoms with Gasteiger partial charge in [0.25, 0.3) is 0 Å². The molecule has 0 saturated carbocycles. The van der Waals surface area contributed by atoms with Gasteiger partial charge in [0.2, 0.25) is 0 Å². The Morgan fingerprint density at radius 1 is 1.17 bits per heavy atom. The Hall–Kier alpha value is -0.860. The predicted octanol–water partition coefficient (Wildman–Crippen LogP) is 3.25. The maximum absolute atomic E-state index is 5.30. The molecule has 0 aliphatic carbocycles. The summed E-state index contributed by atoms with van der Waals surface area (Å²) in [4.78, 5) is 0. The minimum atomic E-state index is 0.348.